The van der Waals surface area contributed by atoms with Crippen LogP contribution in [0.2, 0.25) is 5.02 Å². The minimum absolute atomic E-state index is 0. The number of hydrogen-bond donors (Lipinski definition) is 1. The number of rotatable bonds is 9. The van der Waals surface area contributed by atoms with E-state index in [4.69, 9.17) is 21.1 Å². The highest BCUT2D eigenvalue weighted by atomic mass is 35.5. The lowest BCUT2D eigenvalue weighted by molar-refractivity contribution is 0.0374. The lowest BCUT2D eigenvalue weighted by Gasteiger charge is -2.26. The summed E-state index contributed by atoms with van der Waals surface area (Å²) in [6, 6.07) is 14.3. The van der Waals surface area contributed by atoms with Crippen LogP contribution in [0.4, 0.5) is 0 Å². The van der Waals surface area contributed by atoms with Crippen LogP contribution in [-0.4, -0.2) is 44.3 Å². The second kappa shape index (κ2) is 14.1. The van der Waals surface area contributed by atoms with Gasteiger partial charge < -0.3 is 14.8 Å². The molecule has 2 aromatic rings. The third-order valence-electron chi connectivity index (χ3n) is 4.78. The maximum absolute atomic E-state index is 6.19. The normalized spacial score (nSPS) is 14.0. The van der Waals surface area contributed by atoms with Crippen molar-refractivity contribution in [3.63, 3.8) is 0 Å². The van der Waals surface area contributed by atoms with Gasteiger partial charge in [0.1, 0.15) is 12.4 Å². The third-order valence-corrected chi connectivity index (χ3v) is 5.02. The van der Waals surface area contributed by atoms with E-state index < -0.39 is 0 Å². The fraction of sp³-hybridized carbons (Fsp3) is 0.455. The average Bonchev–Trinajstić information content (AvgIpc) is 2.69. The molecular weight excluding hydrogens is 431 g/mol. The topological polar surface area (TPSA) is 33.7 Å². The Balaban J connectivity index is 0.00000210. The van der Waals surface area contributed by atoms with Gasteiger partial charge in [-0.2, -0.15) is 0 Å². The molecule has 0 aliphatic carbocycles. The SMILES string of the molecule is Cc1ccc(COc2ccc(Cl)cc2CNCCCN2CCOCC2)cc1.Cl.Cl. The van der Waals surface area contributed by atoms with E-state index in [0.29, 0.717) is 6.61 Å². The molecule has 0 saturated carbocycles. The van der Waals surface area contributed by atoms with E-state index in [1.807, 2.05) is 18.2 Å². The Labute approximate surface area is 191 Å². The molecular formula is C22H31Cl3N2O2. The molecule has 2 aromatic carbocycles. The molecule has 1 N–H and O–H groups in total. The smallest absolute Gasteiger partial charge is 0.124 e. The molecule has 29 heavy (non-hydrogen) atoms. The Morgan fingerprint density at radius 2 is 1.79 bits per heavy atom. The fourth-order valence-corrected chi connectivity index (χ4v) is 3.34. The molecule has 1 aliphatic rings. The second-order valence-electron chi connectivity index (χ2n) is 7.01. The van der Waals surface area contributed by atoms with Crippen LogP contribution in [0.5, 0.6) is 5.75 Å². The van der Waals surface area contributed by atoms with Crippen molar-refractivity contribution >= 4 is 36.4 Å². The minimum atomic E-state index is 0. The van der Waals surface area contributed by atoms with Crippen LogP contribution < -0.4 is 10.1 Å². The van der Waals surface area contributed by atoms with Gasteiger partial charge in [-0.1, -0.05) is 41.4 Å². The zero-order chi connectivity index (χ0) is 18.9. The molecule has 0 spiro atoms. The summed E-state index contributed by atoms with van der Waals surface area (Å²) in [7, 11) is 0. The largest absolute Gasteiger partial charge is 0.489 e. The molecule has 1 fully saturated rings. The number of benzene rings is 2. The maximum Gasteiger partial charge on any atom is 0.124 e. The lowest BCUT2D eigenvalue weighted by Crippen LogP contribution is -2.37. The highest BCUT2D eigenvalue weighted by Gasteiger charge is 2.09. The molecule has 0 amide bonds. The van der Waals surface area contributed by atoms with E-state index in [-0.39, 0.29) is 24.8 Å². The quantitative estimate of drug-likeness (QED) is 0.539. The van der Waals surface area contributed by atoms with E-state index in [1.54, 1.807) is 0 Å². The van der Waals surface area contributed by atoms with Crippen LogP contribution >= 0.6 is 36.4 Å². The zero-order valence-corrected chi connectivity index (χ0v) is 19.3. The molecule has 1 heterocycles. The predicted molar refractivity (Wildman–Crippen MR) is 125 cm³/mol. The summed E-state index contributed by atoms with van der Waals surface area (Å²) in [5.74, 6) is 0.889. The standard InChI is InChI=1S/C22H29ClN2O2.2ClH/c1-18-3-5-19(6-4-18)17-27-22-8-7-21(23)15-20(22)16-24-9-2-10-25-11-13-26-14-12-25;;/h3-8,15,24H,2,9-14,16-17H2,1H3;2*1H. The van der Waals surface area contributed by atoms with Crippen molar-refractivity contribution in [3.05, 3.63) is 64.2 Å². The van der Waals surface area contributed by atoms with Gasteiger partial charge in [0.15, 0.2) is 0 Å². The molecule has 7 heteroatoms. The van der Waals surface area contributed by atoms with E-state index in [2.05, 4.69) is 41.4 Å². The van der Waals surface area contributed by atoms with Gasteiger partial charge in [0, 0.05) is 30.2 Å². The first-order valence-corrected chi connectivity index (χ1v) is 10.1. The molecule has 0 bridgehead atoms. The molecule has 0 radical (unpaired) electrons. The molecule has 1 saturated heterocycles. The van der Waals surface area contributed by atoms with Gasteiger partial charge in [-0.15, -0.1) is 24.8 Å². The molecule has 0 unspecified atom stereocenters. The zero-order valence-electron chi connectivity index (χ0n) is 16.9. The van der Waals surface area contributed by atoms with Gasteiger partial charge in [0.25, 0.3) is 0 Å². The van der Waals surface area contributed by atoms with Crippen molar-refractivity contribution in [2.45, 2.75) is 26.5 Å². The van der Waals surface area contributed by atoms with Crippen LogP contribution in [0.15, 0.2) is 42.5 Å². The van der Waals surface area contributed by atoms with Crippen LogP contribution in [0.3, 0.4) is 0 Å². The summed E-state index contributed by atoms with van der Waals surface area (Å²) >= 11 is 6.19. The monoisotopic (exact) mass is 460 g/mol. The summed E-state index contributed by atoms with van der Waals surface area (Å²) in [4.78, 5) is 2.46. The Hall–Kier alpha value is -1.01. The number of hydrogen-bond acceptors (Lipinski definition) is 4. The first-order chi connectivity index (χ1) is 13.2. The van der Waals surface area contributed by atoms with Crippen LogP contribution in [-0.2, 0) is 17.9 Å². The Kier molecular flexibility index (Phi) is 12.6. The number of morpholine rings is 1. The number of ether oxygens (including phenoxy) is 2. The fourth-order valence-electron chi connectivity index (χ4n) is 3.15. The van der Waals surface area contributed by atoms with Crippen LogP contribution in [0.25, 0.3) is 0 Å². The van der Waals surface area contributed by atoms with Gasteiger partial charge in [0.2, 0.25) is 0 Å². The predicted octanol–water partition coefficient (Wildman–Crippen LogP) is 4.88. The second-order valence-corrected chi connectivity index (χ2v) is 7.45. The third kappa shape index (κ3) is 9.12. The first kappa shape index (κ1) is 26.0. The summed E-state index contributed by atoms with van der Waals surface area (Å²) in [6.45, 7) is 9.31. The number of nitrogens with one attached hydrogen (secondary N) is 1. The lowest BCUT2D eigenvalue weighted by atomic mass is 10.1. The van der Waals surface area contributed by atoms with Gasteiger partial charge in [-0.3, -0.25) is 4.90 Å². The Morgan fingerprint density at radius 1 is 1.07 bits per heavy atom. The van der Waals surface area contributed by atoms with Gasteiger partial charge in [-0.05, 0) is 50.2 Å². The van der Waals surface area contributed by atoms with E-state index in [1.165, 1.54) is 11.1 Å². The van der Waals surface area contributed by atoms with E-state index in [9.17, 15) is 0 Å². The maximum atomic E-state index is 6.19. The van der Waals surface area contributed by atoms with Gasteiger partial charge in [-0.25, -0.2) is 0 Å². The van der Waals surface area contributed by atoms with Crippen molar-refractivity contribution in [1.82, 2.24) is 10.2 Å². The first-order valence-electron chi connectivity index (χ1n) is 9.68. The Bertz CT molecular complexity index is 708. The molecule has 0 aromatic heterocycles. The molecule has 4 nitrogen and oxygen atoms in total. The van der Waals surface area contributed by atoms with Crippen molar-refractivity contribution < 1.29 is 9.47 Å². The summed E-state index contributed by atoms with van der Waals surface area (Å²) < 4.78 is 11.4. The van der Waals surface area contributed by atoms with Crippen molar-refractivity contribution in [2.24, 2.45) is 0 Å². The Morgan fingerprint density at radius 3 is 2.52 bits per heavy atom. The molecule has 3 rings (SSSR count). The average molecular weight is 462 g/mol. The van der Waals surface area contributed by atoms with Crippen LogP contribution in [0, 0.1) is 6.92 Å². The van der Waals surface area contributed by atoms with Crippen molar-refractivity contribution in [3.8, 4) is 5.75 Å². The van der Waals surface area contributed by atoms with E-state index in [0.717, 1.165) is 68.7 Å². The van der Waals surface area contributed by atoms with E-state index >= 15 is 0 Å². The highest BCUT2D eigenvalue weighted by Crippen LogP contribution is 2.24. The summed E-state index contributed by atoms with van der Waals surface area (Å²) in [5, 5.41) is 4.26. The number of aryl methyl sites for hydroxylation is 1. The number of nitrogens with zero attached hydrogens (tertiary/aromatic N) is 1. The highest BCUT2D eigenvalue weighted by molar-refractivity contribution is 6.30. The van der Waals surface area contributed by atoms with Crippen molar-refractivity contribution in [2.75, 3.05) is 39.4 Å². The van der Waals surface area contributed by atoms with Crippen molar-refractivity contribution in [1.29, 1.82) is 0 Å². The summed E-state index contributed by atoms with van der Waals surface area (Å²) in [5.41, 5.74) is 3.52. The molecule has 162 valence electrons. The minimum Gasteiger partial charge on any atom is -0.489 e. The number of halogens is 3. The van der Waals surface area contributed by atoms with Crippen LogP contribution in [0.1, 0.15) is 23.1 Å². The molecule has 0 atom stereocenters. The van der Waals surface area contributed by atoms with Gasteiger partial charge >= 0.3 is 0 Å². The van der Waals surface area contributed by atoms with Gasteiger partial charge in [0.05, 0.1) is 13.2 Å². The summed E-state index contributed by atoms with van der Waals surface area (Å²) in [6.07, 6.45) is 1.13. The molecule has 1 aliphatic heterocycles.